The van der Waals surface area contributed by atoms with Crippen LogP contribution in [0.4, 0.5) is 18.9 Å². The van der Waals surface area contributed by atoms with E-state index in [-0.39, 0.29) is 12.5 Å². The molecule has 1 N–H and O–H groups in total. The van der Waals surface area contributed by atoms with Crippen molar-refractivity contribution < 1.29 is 18.0 Å². The van der Waals surface area contributed by atoms with Gasteiger partial charge in [0.15, 0.2) is 0 Å². The van der Waals surface area contributed by atoms with Gasteiger partial charge in [0, 0.05) is 11.8 Å². The van der Waals surface area contributed by atoms with E-state index < -0.39 is 11.7 Å². The maximum absolute atomic E-state index is 12.8. The van der Waals surface area contributed by atoms with Crippen LogP contribution >= 0.6 is 0 Å². The second kappa shape index (κ2) is 7.03. The molecule has 0 radical (unpaired) electrons. The third-order valence-electron chi connectivity index (χ3n) is 3.80. The standard InChI is InChI=1S/C19H16F3N3O/c1-13-5-7-15(8-6-13)18(26)24-17-10-23-25(12-17)11-14-3-2-4-16(9-14)19(20,21)22/h2-10,12H,11H2,1H3,(H,24,26). The van der Waals surface area contributed by atoms with Gasteiger partial charge in [0.1, 0.15) is 0 Å². The van der Waals surface area contributed by atoms with Crippen LogP contribution in [-0.4, -0.2) is 15.7 Å². The van der Waals surface area contributed by atoms with Crippen molar-refractivity contribution >= 4 is 11.6 Å². The topological polar surface area (TPSA) is 46.9 Å². The van der Waals surface area contributed by atoms with Crippen molar-refractivity contribution in [1.29, 1.82) is 0 Å². The SMILES string of the molecule is Cc1ccc(C(=O)Nc2cnn(Cc3cccc(C(F)(F)F)c3)c2)cc1. The van der Waals surface area contributed by atoms with E-state index in [2.05, 4.69) is 10.4 Å². The number of amides is 1. The largest absolute Gasteiger partial charge is 0.416 e. The van der Waals surface area contributed by atoms with Crippen molar-refractivity contribution in [3.05, 3.63) is 83.2 Å². The Balaban J connectivity index is 1.68. The summed E-state index contributed by atoms with van der Waals surface area (Å²) < 4.78 is 39.8. The Morgan fingerprint density at radius 3 is 2.58 bits per heavy atom. The normalized spacial score (nSPS) is 11.4. The highest BCUT2D eigenvalue weighted by molar-refractivity contribution is 6.04. The monoisotopic (exact) mass is 359 g/mol. The molecule has 1 aromatic heterocycles. The third kappa shape index (κ3) is 4.30. The first kappa shape index (κ1) is 17.7. The van der Waals surface area contributed by atoms with Crippen LogP contribution in [-0.2, 0) is 12.7 Å². The van der Waals surface area contributed by atoms with Crippen LogP contribution in [0.1, 0.15) is 27.0 Å². The molecule has 1 heterocycles. The van der Waals surface area contributed by atoms with Crippen molar-refractivity contribution in [2.75, 3.05) is 5.32 Å². The highest BCUT2D eigenvalue weighted by Gasteiger charge is 2.30. The molecule has 0 aliphatic rings. The lowest BCUT2D eigenvalue weighted by atomic mass is 10.1. The first-order chi connectivity index (χ1) is 12.3. The Morgan fingerprint density at radius 2 is 1.88 bits per heavy atom. The Kier molecular flexibility index (Phi) is 4.79. The number of halogens is 3. The third-order valence-corrected chi connectivity index (χ3v) is 3.80. The zero-order chi connectivity index (χ0) is 18.7. The fourth-order valence-electron chi connectivity index (χ4n) is 2.46. The minimum Gasteiger partial charge on any atom is -0.319 e. The quantitative estimate of drug-likeness (QED) is 0.745. The van der Waals surface area contributed by atoms with Crippen molar-refractivity contribution in [3.8, 4) is 0 Å². The van der Waals surface area contributed by atoms with E-state index in [4.69, 9.17) is 0 Å². The molecule has 3 aromatic rings. The number of hydrogen-bond acceptors (Lipinski definition) is 2. The fourth-order valence-corrected chi connectivity index (χ4v) is 2.46. The van der Waals surface area contributed by atoms with Crippen LogP contribution in [0.25, 0.3) is 0 Å². The molecular formula is C19H16F3N3O. The average molecular weight is 359 g/mol. The first-order valence-electron chi connectivity index (χ1n) is 7.88. The summed E-state index contributed by atoms with van der Waals surface area (Å²) in [5, 5.41) is 6.80. The summed E-state index contributed by atoms with van der Waals surface area (Å²) in [5.74, 6) is -0.274. The molecule has 0 fully saturated rings. The van der Waals surface area contributed by atoms with Gasteiger partial charge in [-0.15, -0.1) is 0 Å². The number of nitrogens with zero attached hydrogens (tertiary/aromatic N) is 2. The summed E-state index contributed by atoms with van der Waals surface area (Å²) in [6.45, 7) is 2.10. The lowest BCUT2D eigenvalue weighted by Gasteiger charge is -2.08. The van der Waals surface area contributed by atoms with Crippen LogP contribution in [0.2, 0.25) is 0 Å². The summed E-state index contributed by atoms with van der Waals surface area (Å²) in [6.07, 6.45) is -1.35. The van der Waals surface area contributed by atoms with Gasteiger partial charge in [-0.3, -0.25) is 9.48 Å². The lowest BCUT2D eigenvalue weighted by molar-refractivity contribution is -0.137. The van der Waals surface area contributed by atoms with Gasteiger partial charge in [-0.2, -0.15) is 18.3 Å². The van der Waals surface area contributed by atoms with E-state index in [0.29, 0.717) is 16.8 Å². The molecule has 4 nitrogen and oxygen atoms in total. The van der Waals surface area contributed by atoms with E-state index in [1.54, 1.807) is 24.4 Å². The van der Waals surface area contributed by atoms with Crippen LogP contribution in [0.5, 0.6) is 0 Å². The number of anilines is 1. The second-order valence-electron chi connectivity index (χ2n) is 5.94. The predicted molar refractivity (Wildman–Crippen MR) is 91.9 cm³/mol. The zero-order valence-corrected chi connectivity index (χ0v) is 13.9. The lowest BCUT2D eigenvalue weighted by Crippen LogP contribution is -2.11. The number of alkyl halides is 3. The van der Waals surface area contributed by atoms with Crippen molar-refractivity contribution in [3.63, 3.8) is 0 Å². The van der Waals surface area contributed by atoms with Crippen LogP contribution in [0.3, 0.4) is 0 Å². The highest BCUT2D eigenvalue weighted by atomic mass is 19.4. The number of aromatic nitrogens is 2. The van der Waals surface area contributed by atoms with Crippen LogP contribution < -0.4 is 5.32 Å². The van der Waals surface area contributed by atoms with Crippen LogP contribution in [0.15, 0.2) is 60.9 Å². The Labute approximate surface area is 148 Å². The summed E-state index contributed by atoms with van der Waals surface area (Å²) in [4.78, 5) is 12.2. The zero-order valence-electron chi connectivity index (χ0n) is 13.9. The van der Waals surface area contributed by atoms with E-state index in [1.165, 1.54) is 16.9 Å². The number of benzene rings is 2. The average Bonchev–Trinajstić information content (AvgIpc) is 3.02. The molecule has 0 bridgehead atoms. The van der Waals surface area contributed by atoms with Gasteiger partial charge >= 0.3 is 6.18 Å². The Hall–Kier alpha value is -3.09. The van der Waals surface area contributed by atoms with Gasteiger partial charge in [0.25, 0.3) is 5.91 Å². The van der Waals surface area contributed by atoms with E-state index in [0.717, 1.165) is 17.7 Å². The first-order valence-corrected chi connectivity index (χ1v) is 7.88. The molecule has 0 saturated heterocycles. The van der Waals surface area contributed by atoms with Crippen molar-refractivity contribution in [2.24, 2.45) is 0 Å². The molecule has 0 spiro atoms. The summed E-state index contributed by atoms with van der Waals surface area (Å²) in [7, 11) is 0. The molecule has 0 aliphatic carbocycles. The maximum atomic E-state index is 12.8. The van der Waals surface area contributed by atoms with Gasteiger partial charge in [0.2, 0.25) is 0 Å². The molecule has 0 saturated carbocycles. The predicted octanol–water partition coefficient (Wildman–Crippen LogP) is 4.51. The number of hydrogen-bond donors (Lipinski definition) is 1. The molecule has 0 aliphatic heterocycles. The van der Waals surface area contributed by atoms with Gasteiger partial charge in [-0.05, 0) is 36.8 Å². The van der Waals surface area contributed by atoms with Gasteiger partial charge in [0.05, 0.1) is 24.0 Å². The molecule has 134 valence electrons. The summed E-state index contributed by atoms with van der Waals surface area (Å²) >= 11 is 0. The summed E-state index contributed by atoms with van der Waals surface area (Å²) in [5.41, 5.74) is 1.81. The van der Waals surface area contributed by atoms with Crippen LogP contribution in [0, 0.1) is 6.92 Å². The second-order valence-corrected chi connectivity index (χ2v) is 5.94. The smallest absolute Gasteiger partial charge is 0.319 e. The fraction of sp³-hybridized carbons (Fsp3) is 0.158. The van der Waals surface area contributed by atoms with E-state index in [9.17, 15) is 18.0 Å². The maximum Gasteiger partial charge on any atom is 0.416 e. The van der Waals surface area contributed by atoms with Crippen molar-refractivity contribution in [1.82, 2.24) is 9.78 Å². The molecule has 0 unspecified atom stereocenters. The van der Waals surface area contributed by atoms with Crippen molar-refractivity contribution in [2.45, 2.75) is 19.6 Å². The number of carbonyl (C=O) groups excluding carboxylic acids is 1. The molecule has 3 rings (SSSR count). The van der Waals surface area contributed by atoms with Gasteiger partial charge in [-0.25, -0.2) is 0 Å². The molecule has 1 amide bonds. The molecular weight excluding hydrogens is 343 g/mol. The number of rotatable bonds is 4. The van der Waals surface area contributed by atoms with E-state index in [1.807, 2.05) is 19.1 Å². The Bertz CT molecular complexity index is 914. The number of nitrogens with one attached hydrogen (secondary N) is 1. The van der Waals surface area contributed by atoms with E-state index >= 15 is 0 Å². The summed E-state index contributed by atoms with van der Waals surface area (Å²) in [6, 6.07) is 12.2. The van der Waals surface area contributed by atoms with Gasteiger partial charge in [-0.1, -0.05) is 29.8 Å². The Morgan fingerprint density at radius 1 is 1.15 bits per heavy atom. The highest BCUT2D eigenvalue weighted by Crippen LogP contribution is 2.29. The number of carbonyl (C=O) groups is 1. The molecule has 2 aromatic carbocycles. The minimum atomic E-state index is -4.38. The molecule has 26 heavy (non-hydrogen) atoms. The number of aryl methyl sites for hydroxylation is 1. The molecule has 0 atom stereocenters. The van der Waals surface area contributed by atoms with Gasteiger partial charge < -0.3 is 5.32 Å². The minimum absolute atomic E-state index is 0.171. The molecule has 7 heteroatoms.